The fraction of sp³-hybridized carbons (Fsp3) is 0.538. The zero-order valence-corrected chi connectivity index (χ0v) is 30.9. The molecule has 0 aliphatic carbocycles. The molecule has 3 aromatic rings. The predicted molar refractivity (Wildman–Crippen MR) is 192 cm³/mol. The number of halogens is 1. The summed E-state index contributed by atoms with van der Waals surface area (Å²) in [5.74, 6) is 0.933. The summed E-state index contributed by atoms with van der Waals surface area (Å²) in [5, 5.41) is 1.33. The van der Waals surface area contributed by atoms with Crippen LogP contribution in [0.1, 0.15) is 111 Å². The first-order valence-electron chi connectivity index (χ1n) is 16.3. The van der Waals surface area contributed by atoms with Crippen LogP contribution in [-0.4, -0.2) is 10.4 Å². The number of aryl methyl sites for hydroxylation is 3. The Labute approximate surface area is 268 Å². The van der Waals surface area contributed by atoms with E-state index in [-0.39, 0.29) is 14.7 Å². The standard InChI is InChI=1S/C39H55INO2/c1-12-15-16-19-29-22-28(5)36-31(24-29)33-23-27(4)30-20-17-18-21-32(30)41(33)39(13-2,14-3)40(36)26-43-35(38(9,10)11)25-34(42)37(6,7)8/h17-18,20-25H,12-16,19,26H2,1-11H3/q+1/b35-25-. The Hall–Kier alpha value is -2.21. The monoisotopic (exact) mass is 696 g/mol. The molecular weight excluding hydrogens is 641 g/mol. The van der Waals surface area contributed by atoms with E-state index in [1.54, 1.807) is 9.65 Å². The van der Waals surface area contributed by atoms with Crippen molar-refractivity contribution in [2.24, 2.45) is 10.8 Å². The summed E-state index contributed by atoms with van der Waals surface area (Å²) in [6, 6.07) is 16.4. The maximum atomic E-state index is 13.2. The molecule has 2 aromatic carbocycles. The van der Waals surface area contributed by atoms with Gasteiger partial charge in [-0.15, -0.1) is 0 Å². The van der Waals surface area contributed by atoms with Gasteiger partial charge in [0.15, 0.2) is 0 Å². The molecule has 1 aliphatic rings. The molecule has 2 heterocycles. The molecule has 3 nitrogen and oxygen atoms in total. The number of nitrogens with zero attached hydrogens (tertiary/aromatic N) is 1. The molecular formula is C39H55INO2+. The van der Waals surface area contributed by atoms with E-state index < -0.39 is 25.2 Å². The van der Waals surface area contributed by atoms with Crippen molar-refractivity contribution in [1.82, 2.24) is 0 Å². The second-order valence-corrected chi connectivity index (χ2v) is 20.2. The van der Waals surface area contributed by atoms with Gasteiger partial charge in [-0.3, -0.25) is 0 Å². The van der Waals surface area contributed by atoms with Crippen LogP contribution < -0.4 is 4.57 Å². The molecule has 43 heavy (non-hydrogen) atoms. The zero-order valence-electron chi connectivity index (χ0n) is 28.7. The summed E-state index contributed by atoms with van der Waals surface area (Å²) < 4.78 is 11.9. The second kappa shape index (κ2) is 13.0. The van der Waals surface area contributed by atoms with Gasteiger partial charge < -0.3 is 0 Å². The fourth-order valence-corrected chi connectivity index (χ4v) is 14.2. The van der Waals surface area contributed by atoms with E-state index in [2.05, 4.69) is 102 Å². The first-order valence-corrected chi connectivity index (χ1v) is 20.0. The zero-order chi connectivity index (χ0) is 31.7. The number of allylic oxidation sites excluding steroid dienone is 2. The normalized spacial score (nSPS) is 15.8. The Morgan fingerprint density at radius 1 is 0.907 bits per heavy atom. The summed E-state index contributed by atoms with van der Waals surface area (Å²) >= 11 is -2.11. The number of carbonyl (C=O) groups excluding carboxylic acids is 1. The van der Waals surface area contributed by atoms with E-state index >= 15 is 0 Å². The van der Waals surface area contributed by atoms with Crippen LogP contribution in [-0.2, 0) is 19.5 Å². The number of ether oxygens (including phenoxy) is 1. The molecule has 0 fully saturated rings. The van der Waals surface area contributed by atoms with E-state index in [0.717, 1.165) is 25.0 Å². The number of hydrogen-bond acceptors (Lipinski definition) is 2. The van der Waals surface area contributed by atoms with Crippen LogP contribution in [0.25, 0.3) is 22.2 Å². The second-order valence-electron chi connectivity index (χ2n) is 14.4. The van der Waals surface area contributed by atoms with Gasteiger partial charge in [0.05, 0.1) is 0 Å². The van der Waals surface area contributed by atoms with E-state index in [0.29, 0.717) is 4.61 Å². The van der Waals surface area contributed by atoms with Crippen molar-refractivity contribution in [2.75, 3.05) is 4.61 Å². The van der Waals surface area contributed by atoms with Gasteiger partial charge in [-0.25, -0.2) is 0 Å². The molecule has 0 unspecified atom stereocenters. The van der Waals surface area contributed by atoms with Gasteiger partial charge >= 0.3 is 270 Å². The average molecular weight is 697 g/mol. The van der Waals surface area contributed by atoms with Gasteiger partial charge in [0.1, 0.15) is 0 Å². The van der Waals surface area contributed by atoms with Crippen molar-refractivity contribution < 1.29 is 14.1 Å². The van der Waals surface area contributed by atoms with Crippen LogP contribution in [0.3, 0.4) is 0 Å². The summed E-state index contributed by atoms with van der Waals surface area (Å²) in [7, 11) is 0. The Bertz CT molecular complexity index is 1510. The van der Waals surface area contributed by atoms with Crippen LogP contribution in [0.4, 0.5) is 0 Å². The molecule has 0 saturated heterocycles. The minimum atomic E-state index is -2.11. The van der Waals surface area contributed by atoms with Crippen molar-refractivity contribution in [2.45, 2.75) is 118 Å². The minimum absolute atomic E-state index is 0.0227. The summed E-state index contributed by atoms with van der Waals surface area (Å²) in [5.41, 5.74) is 7.61. The quantitative estimate of drug-likeness (QED) is 0.0528. The van der Waals surface area contributed by atoms with E-state index in [1.165, 1.54) is 58.1 Å². The van der Waals surface area contributed by atoms with Crippen molar-refractivity contribution in [3.8, 4) is 11.3 Å². The summed E-state index contributed by atoms with van der Waals surface area (Å²) in [6.07, 6.45) is 8.75. The van der Waals surface area contributed by atoms with Gasteiger partial charge in [0, 0.05) is 0 Å². The molecule has 1 aromatic heterocycles. The Kier molecular flexibility index (Phi) is 10.2. The first kappa shape index (κ1) is 33.7. The molecule has 4 heteroatoms. The fourth-order valence-electron chi connectivity index (χ4n) is 6.41. The molecule has 0 amide bonds. The van der Waals surface area contributed by atoms with Gasteiger partial charge in [-0.05, 0) is 0 Å². The molecule has 0 spiro atoms. The third-order valence-corrected chi connectivity index (χ3v) is 17.1. The number of ketones is 1. The van der Waals surface area contributed by atoms with E-state index in [1.807, 2.05) is 20.8 Å². The average Bonchev–Trinajstić information content (AvgIpc) is 2.94. The maximum absolute atomic E-state index is 13.2. The topological polar surface area (TPSA) is 30.2 Å². The molecule has 0 saturated carbocycles. The van der Waals surface area contributed by atoms with E-state index in [4.69, 9.17) is 4.74 Å². The number of aromatic nitrogens is 1. The number of unbranched alkanes of at least 4 members (excludes halogenated alkanes) is 2. The van der Waals surface area contributed by atoms with Crippen molar-refractivity contribution in [3.63, 3.8) is 0 Å². The molecule has 234 valence electrons. The van der Waals surface area contributed by atoms with E-state index in [9.17, 15) is 4.79 Å². The van der Waals surface area contributed by atoms with Crippen molar-refractivity contribution >= 4 is 36.5 Å². The predicted octanol–water partition coefficient (Wildman–Crippen LogP) is 10.8. The molecule has 0 atom stereocenters. The van der Waals surface area contributed by atoms with Crippen molar-refractivity contribution in [1.29, 1.82) is 0 Å². The number of hydrogen-bond donors (Lipinski definition) is 0. The molecule has 0 radical (unpaired) electrons. The van der Waals surface area contributed by atoms with Crippen LogP contribution in [0.15, 0.2) is 54.3 Å². The third-order valence-electron chi connectivity index (χ3n) is 9.02. The van der Waals surface area contributed by atoms with Gasteiger partial charge in [-0.1, -0.05) is 0 Å². The Balaban J connectivity index is 1.98. The summed E-state index contributed by atoms with van der Waals surface area (Å²) in [4.78, 5) is 13.2. The van der Waals surface area contributed by atoms with Crippen LogP contribution >= 0.6 is 19.8 Å². The number of carbonyl (C=O) groups is 1. The number of rotatable bonds is 10. The van der Waals surface area contributed by atoms with Crippen LogP contribution in [0, 0.1) is 28.2 Å². The SMILES string of the molecule is CCCCCc1cc(C)c2c(c1)-c1cc(C)c3ccccc3[n+]1C(CC)(CC)I2CO/C(=C\C(=O)C(C)(C)C)C(C)(C)C. The first-order chi connectivity index (χ1) is 20.2. The Morgan fingerprint density at radius 2 is 1.58 bits per heavy atom. The third kappa shape index (κ3) is 6.60. The van der Waals surface area contributed by atoms with Gasteiger partial charge in [0.25, 0.3) is 0 Å². The number of fused-ring (bicyclic) bond motifs is 5. The van der Waals surface area contributed by atoms with Crippen LogP contribution in [0.2, 0.25) is 0 Å². The van der Waals surface area contributed by atoms with Gasteiger partial charge in [0.2, 0.25) is 0 Å². The summed E-state index contributed by atoms with van der Waals surface area (Å²) in [6.45, 7) is 24.1. The molecule has 1 aliphatic heterocycles. The Morgan fingerprint density at radius 3 is 2.19 bits per heavy atom. The molecule has 0 bridgehead atoms. The number of pyridine rings is 1. The molecule has 4 rings (SSSR count). The van der Waals surface area contributed by atoms with Crippen LogP contribution in [0.5, 0.6) is 0 Å². The van der Waals surface area contributed by atoms with Gasteiger partial charge in [-0.2, -0.15) is 0 Å². The number of alkyl halides is 2. The number of benzene rings is 2. The molecule has 0 N–H and O–H groups in total. The van der Waals surface area contributed by atoms with Crippen molar-refractivity contribution in [3.05, 3.63) is 74.6 Å². The number of para-hydroxylation sites is 1.